The zero-order valence-electron chi connectivity index (χ0n) is 18.6. The van der Waals surface area contributed by atoms with Crippen molar-refractivity contribution in [3.8, 4) is 0 Å². The molecule has 0 spiro atoms. The lowest BCUT2D eigenvalue weighted by Crippen LogP contribution is -2.43. The van der Waals surface area contributed by atoms with E-state index in [1.54, 1.807) is 0 Å². The van der Waals surface area contributed by atoms with E-state index in [-0.39, 0.29) is 5.91 Å². The fraction of sp³-hybridized carbons (Fsp3) is 0.542. The standard InChI is InChI=1S/C24H33N5O2/c1-18-5-3-8-25-24(18)27-21-15-19(2)26-22(16-21)20-6-4-9-28(17-20)10-7-23(30)29-11-13-31-14-12-29/h3,5,8,15-16,20H,4,6-7,9-14,17H2,1-2H3,(H,25,26,27). The maximum Gasteiger partial charge on any atom is 0.224 e. The molecule has 1 amide bonds. The van der Waals surface area contributed by atoms with E-state index in [4.69, 9.17) is 9.72 Å². The van der Waals surface area contributed by atoms with Gasteiger partial charge in [0.1, 0.15) is 5.82 Å². The molecule has 2 saturated heterocycles. The minimum Gasteiger partial charge on any atom is -0.378 e. The molecule has 2 aromatic heterocycles. The molecule has 7 nitrogen and oxygen atoms in total. The number of likely N-dealkylation sites (tertiary alicyclic amines) is 1. The van der Waals surface area contributed by atoms with Crippen molar-refractivity contribution in [2.24, 2.45) is 0 Å². The van der Waals surface area contributed by atoms with Crippen LogP contribution in [-0.2, 0) is 9.53 Å². The summed E-state index contributed by atoms with van der Waals surface area (Å²) in [6, 6.07) is 8.24. The van der Waals surface area contributed by atoms with Crippen LogP contribution in [0.3, 0.4) is 0 Å². The summed E-state index contributed by atoms with van der Waals surface area (Å²) in [4.78, 5) is 26.2. The molecule has 1 unspecified atom stereocenters. The van der Waals surface area contributed by atoms with Gasteiger partial charge >= 0.3 is 0 Å². The number of ether oxygens (including phenoxy) is 1. The van der Waals surface area contributed by atoms with Crippen molar-refractivity contribution in [3.05, 3.63) is 47.4 Å². The highest BCUT2D eigenvalue weighted by atomic mass is 16.5. The summed E-state index contributed by atoms with van der Waals surface area (Å²) < 4.78 is 5.35. The number of aromatic nitrogens is 2. The van der Waals surface area contributed by atoms with Gasteiger partial charge in [0, 0.05) is 61.8 Å². The van der Waals surface area contributed by atoms with Gasteiger partial charge in [0.15, 0.2) is 0 Å². The van der Waals surface area contributed by atoms with Gasteiger partial charge in [0.25, 0.3) is 0 Å². The molecule has 2 fully saturated rings. The second kappa shape index (κ2) is 10.2. The van der Waals surface area contributed by atoms with E-state index in [0.717, 1.165) is 74.0 Å². The van der Waals surface area contributed by atoms with Crippen LogP contribution in [0.5, 0.6) is 0 Å². The number of morpholine rings is 1. The minimum atomic E-state index is 0.247. The zero-order valence-corrected chi connectivity index (χ0v) is 18.6. The first-order chi connectivity index (χ1) is 15.1. The van der Waals surface area contributed by atoms with Gasteiger partial charge in [-0.05, 0) is 57.0 Å². The zero-order chi connectivity index (χ0) is 21.6. The Morgan fingerprint density at radius 3 is 2.87 bits per heavy atom. The molecular weight excluding hydrogens is 390 g/mol. The van der Waals surface area contributed by atoms with E-state index in [0.29, 0.717) is 25.6 Å². The van der Waals surface area contributed by atoms with Gasteiger partial charge in [-0.25, -0.2) is 4.98 Å². The molecule has 0 radical (unpaired) electrons. The summed E-state index contributed by atoms with van der Waals surface area (Å²) >= 11 is 0. The second-order valence-electron chi connectivity index (χ2n) is 8.60. The van der Waals surface area contributed by atoms with Crippen molar-refractivity contribution >= 4 is 17.4 Å². The monoisotopic (exact) mass is 423 g/mol. The molecule has 2 aromatic rings. The number of rotatable bonds is 6. The van der Waals surface area contributed by atoms with Crippen LogP contribution in [0.2, 0.25) is 0 Å². The molecule has 0 bridgehead atoms. The minimum absolute atomic E-state index is 0.247. The number of aryl methyl sites for hydroxylation is 2. The summed E-state index contributed by atoms with van der Waals surface area (Å²) in [5, 5.41) is 3.46. The fourth-order valence-corrected chi connectivity index (χ4v) is 4.45. The van der Waals surface area contributed by atoms with E-state index < -0.39 is 0 Å². The van der Waals surface area contributed by atoms with E-state index in [9.17, 15) is 4.79 Å². The number of carbonyl (C=O) groups excluding carboxylic acids is 1. The lowest BCUT2D eigenvalue weighted by atomic mass is 9.93. The molecule has 31 heavy (non-hydrogen) atoms. The highest BCUT2D eigenvalue weighted by Gasteiger charge is 2.24. The molecule has 0 saturated carbocycles. The van der Waals surface area contributed by atoms with E-state index >= 15 is 0 Å². The lowest BCUT2D eigenvalue weighted by Gasteiger charge is -2.33. The Morgan fingerprint density at radius 2 is 2.06 bits per heavy atom. The first-order valence-electron chi connectivity index (χ1n) is 11.3. The molecule has 2 aliphatic rings. The summed E-state index contributed by atoms with van der Waals surface area (Å²) in [5.74, 6) is 1.51. The van der Waals surface area contributed by atoms with Gasteiger partial charge in [0.2, 0.25) is 5.91 Å². The summed E-state index contributed by atoms with van der Waals surface area (Å²) in [6.45, 7) is 9.68. The van der Waals surface area contributed by atoms with Gasteiger partial charge < -0.3 is 19.9 Å². The van der Waals surface area contributed by atoms with Gasteiger partial charge in [-0.1, -0.05) is 6.07 Å². The van der Waals surface area contributed by atoms with Crippen LogP contribution in [0.25, 0.3) is 0 Å². The molecule has 4 heterocycles. The Morgan fingerprint density at radius 1 is 1.23 bits per heavy atom. The predicted octanol–water partition coefficient (Wildman–Crippen LogP) is 3.27. The number of carbonyl (C=O) groups is 1. The van der Waals surface area contributed by atoms with Crippen molar-refractivity contribution in [2.45, 2.75) is 39.0 Å². The molecule has 7 heteroatoms. The molecule has 2 aliphatic heterocycles. The number of anilines is 2. The van der Waals surface area contributed by atoms with Crippen LogP contribution in [0.4, 0.5) is 11.5 Å². The number of pyridine rings is 2. The van der Waals surface area contributed by atoms with Gasteiger partial charge in [-0.15, -0.1) is 0 Å². The predicted molar refractivity (Wildman–Crippen MR) is 122 cm³/mol. The van der Waals surface area contributed by atoms with E-state index in [1.165, 1.54) is 0 Å². The maximum atomic E-state index is 12.5. The van der Waals surface area contributed by atoms with Crippen LogP contribution >= 0.6 is 0 Å². The second-order valence-corrected chi connectivity index (χ2v) is 8.60. The van der Waals surface area contributed by atoms with Crippen molar-refractivity contribution in [1.29, 1.82) is 0 Å². The SMILES string of the molecule is Cc1cc(Nc2ncccc2C)cc(C2CCCN(CCC(=O)N3CCOCC3)C2)n1. The molecular formula is C24H33N5O2. The van der Waals surface area contributed by atoms with E-state index in [1.807, 2.05) is 24.1 Å². The number of piperidine rings is 1. The average molecular weight is 424 g/mol. The van der Waals surface area contributed by atoms with Crippen LogP contribution in [-0.4, -0.2) is 71.6 Å². The van der Waals surface area contributed by atoms with Crippen molar-refractivity contribution in [2.75, 3.05) is 51.3 Å². The van der Waals surface area contributed by atoms with Gasteiger partial charge in [0.05, 0.1) is 13.2 Å². The molecule has 4 rings (SSSR count). The van der Waals surface area contributed by atoms with Gasteiger partial charge in [-0.2, -0.15) is 0 Å². The maximum absolute atomic E-state index is 12.5. The van der Waals surface area contributed by atoms with Crippen LogP contribution < -0.4 is 5.32 Å². The Bertz CT molecular complexity index is 897. The molecule has 0 aromatic carbocycles. The fourth-order valence-electron chi connectivity index (χ4n) is 4.45. The Kier molecular flexibility index (Phi) is 7.14. The van der Waals surface area contributed by atoms with Crippen molar-refractivity contribution in [1.82, 2.24) is 19.8 Å². The topological polar surface area (TPSA) is 70.6 Å². The van der Waals surface area contributed by atoms with Crippen molar-refractivity contribution in [3.63, 3.8) is 0 Å². The highest BCUT2D eigenvalue weighted by molar-refractivity contribution is 5.76. The van der Waals surface area contributed by atoms with Gasteiger partial charge in [-0.3, -0.25) is 9.78 Å². The Balaban J connectivity index is 1.38. The largest absolute Gasteiger partial charge is 0.378 e. The van der Waals surface area contributed by atoms with Crippen LogP contribution in [0.1, 0.15) is 42.1 Å². The molecule has 0 aliphatic carbocycles. The first kappa shape index (κ1) is 21.7. The first-order valence-corrected chi connectivity index (χ1v) is 11.3. The van der Waals surface area contributed by atoms with E-state index in [2.05, 4.69) is 40.3 Å². The Labute approximate surface area is 184 Å². The number of hydrogen-bond acceptors (Lipinski definition) is 6. The molecule has 166 valence electrons. The summed E-state index contributed by atoms with van der Waals surface area (Å²) in [6.07, 6.45) is 4.65. The number of hydrogen-bond donors (Lipinski definition) is 1. The summed E-state index contributed by atoms with van der Waals surface area (Å²) in [7, 11) is 0. The molecule has 1 N–H and O–H groups in total. The third-order valence-corrected chi connectivity index (χ3v) is 6.17. The number of nitrogens with zero attached hydrogens (tertiary/aromatic N) is 4. The number of nitrogens with one attached hydrogen (secondary N) is 1. The summed E-state index contributed by atoms with van der Waals surface area (Å²) in [5.41, 5.74) is 4.28. The third-order valence-electron chi connectivity index (χ3n) is 6.17. The van der Waals surface area contributed by atoms with Crippen molar-refractivity contribution < 1.29 is 9.53 Å². The average Bonchev–Trinajstić information content (AvgIpc) is 2.79. The van der Waals surface area contributed by atoms with Crippen LogP contribution in [0, 0.1) is 13.8 Å². The Hall–Kier alpha value is -2.51. The van der Waals surface area contributed by atoms with Crippen LogP contribution in [0.15, 0.2) is 30.5 Å². The number of amides is 1. The molecule has 1 atom stereocenters. The lowest BCUT2D eigenvalue weighted by molar-refractivity contribution is -0.135. The third kappa shape index (κ3) is 5.80. The quantitative estimate of drug-likeness (QED) is 0.769. The smallest absolute Gasteiger partial charge is 0.224 e. The highest BCUT2D eigenvalue weighted by Crippen LogP contribution is 2.29. The normalized spacial score (nSPS) is 19.9.